The monoisotopic (exact) mass is 605 g/mol. The predicted octanol–water partition coefficient (Wildman–Crippen LogP) is 5.61. The lowest BCUT2D eigenvalue weighted by Gasteiger charge is -2.49. The van der Waals surface area contributed by atoms with E-state index in [2.05, 4.69) is 15.2 Å². The second-order valence-electron chi connectivity index (χ2n) is 10.9. The summed E-state index contributed by atoms with van der Waals surface area (Å²) in [6.07, 6.45) is 4.42. The maximum atomic E-state index is 13.7. The molecule has 5 rings (SSSR count). The Hall–Kier alpha value is -3.47. The summed E-state index contributed by atoms with van der Waals surface area (Å²) < 4.78 is 38.7. The van der Waals surface area contributed by atoms with Crippen LogP contribution in [0.5, 0.6) is 5.75 Å². The van der Waals surface area contributed by atoms with Gasteiger partial charge in [0.2, 0.25) is 0 Å². The number of β-amino-alcohol motifs (C(OH)–C–C–N with tert-alkyl or cyclic N) is 1. The zero-order valence-electron chi connectivity index (χ0n) is 24.2. The van der Waals surface area contributed by atoms with Crippen molar-refractivity contribution in [3.05, 3.63) is 117 Å². The normalized spacial score (nSPS) is 16.0. The van der Waals surface area contributed by atoms with E-state index in [4.69, 9.17) is 9.47 Å². The van der Waals surface area contributed by atoms with Gasteiger partial charge in [0.1, 0.15) is 35.1 Å². The van der Waals surface area contributed by atoms with Crippen molar-refractivity contribution in [3.63, 3.8) is 0 Å². The number of benzene rings is 3. The minimum absolute atomic E-state index is 0.118. The lowest BCUT2D eigenvalue weighted by atomic mass is 9.81. The van der Waals surface area contributed by atoms with Crippen molar-refractivity contribution in [2.45, 2.75) is 31.1 Å². The van der Waals surface area contributed by atoms with Crippen LogP contribution in [0.2, 0.25) is 0 Å². The highest BCUT2D eigenvalue weighted by Crippen LogP contribution is 2.29. The van der Waals surface area contributed by atoms with Gasteiger partial charge in [-0.1, -0.05) is 42.5 Å². The third kappa shape index (κ3) is 8.55. The molecule has 2 heterocycles. The summed E-state index contributed by atoms with van der Waals surface area (Å²) >= 11 is 1.55. The number of thiazole rings is 1. The molecule has 226 valence electrons. The Morgan fingerprint density at radius 2 is 1.67 bits per heavy atom. The molecular formula is C34H37F2N3O3S. The molecule has 0 aliphatic carbocycles. The molecule has 1 unspecified atom stereocenters. The third-order valence-electron chi connectivity index (χ3n) is 7.63. The molecule has 0 radical (unpaired) electrons. The lowest BCUT2D eigenvalue weighted by molar-refractivity contribution is -0.0000754. The number of para-hydroxylation sites is 1. The van der Waals surface area contributed by atoms with Gasteiger partial charge in [0, 0.05) is 49.8 Å². The van der Waals surface area contributed by atoms with Crippen LogP contribution in [0.15, 0.2) is 78.2 Å². The fraction of sp³-hybridized carbons (Fsp3) is 0.324. The van der Waals surface area contributed by atoms with Crippen molar-refractivity contribution < 1.29 is 23.4 Å². The maximum absolute atomic E-state index is 13.7. The molecule has 1 aliphatic rings. The largest absolute Gasteiger partial charge is 0.490 e. The molecule has 1 aromatic heterocycles. The van der Waals surface area contributed by atoms with Crippen LogP contribution in [0, 0.1) is 11.6 Å². The van der Waals surface area contributed by atoms with Gasteiger partial charge in [0.25, 0.3) is 0 Å². The number of piperazine rings is 1. The number of aliphatic hydroxyl groups is 1. The van der Waals surface area contributed by atoms with Gasteiger partial charge in [-0.25, -0.2) is 13.8 Å². The number of aromatic nitrogens is 1. The van der Waals surface area contributed by atoms with Gasteiger partial charge in [-0.15, -0.1) is 11.3 Å². The number of ether oxygens (including phenoxy) is 2. The van der Waals surface area contributed by atoms with E-state index in [1.807, 2.05) is 66.1 Å². The molecule has 6 nitrogen and oxygen atoms in total. The number of hydrogen-bond acceptors (Lipinski definition) is 7. The molecule has 3 aromatic carbocycles. The first-order valence-corrected chi connectivity index (χ1v) is 15.3. The SMILES string of the molecule is COCc1nc(/C=C/c2ccccc2OCC(O)CN2CCNCC2(Cc2ccc(F)cc2)Cc2ccc(F)cc2)cs1. The standard InChI is InChI=1S/C34H37F2N3O3S/c1-41-22-33-38-30(23-43-33)15-10-27-4-2-3-5-32(27)42-21-31(40)20-39-17-16-37-24-34(39,18-25-6-11-28(35)12-7-25)19-26-8-13-29(36)14-9-26/h2-15,23,31,37,40H,16-22,24H2,1H3/b15-10+. The molecular weight excluding hydrogens is 568 g/mol. The summed E-state index contributed by atoms with van der Waals surface area (Å²) in [4.78, 5) is 6.85. The van der Waals surface area contributed by atoms with Crippen molar-refractivity contribution >= 4 is 23.5 Å². The minimum Gasteiger partial charge on any atom is -0.490 e. The van der Waals surface area contributed by atoms with Crippen molar-refractivity contribution in [2.24, 2.45) is 0 Å². The smallest absolute Gasteiger partial charge is 0.126 e. The molecule has 4 aromatic rings. The van der Waals surface area contributed by atoms with E-state index in [9.17, 15) is 13.9 Å². The van der Waals surface area contributed by atoms with E-state index in [1.54, 1.807) is 18.4 Å². The van der Waals surface area contributed by atoms with Gasteiger partial charge in [0.15, 0.2) is 0 Å². The van der Waals surface area contributed by atoms with Gasteiger partial charge in [-0.05, 0) is 66.5 Å². The molecule has 43 heavy (non-hydrogen) atoms. The Kier molecular flexibility index (Phi) is 10.7. The van der Waals surface area contributed by atoms with Crippen LogP contribution < -0.4 is 10.1 Å². The Bertz CT molecular complexity index is 1430. The fourth-order valence-electron chi connectivity index (χ4n) is 5.55. The first-order chi connectivity index (χ1) is 20.9. The minimum atomic E-state index is -0.758. The van der Waals surface area contributed by atoms with Crippen molar-refractivity contribution in [1.82, 2.24) is 15.2 Å². The molecule has 1 fully saturated rings. The molecule has 0 bridgehead atoms. The topological polar surface area (TPSA) is 66.8 Å². The van der Waals surface area contributed by atoms with Crippen LogP contribution in [0.1, 0.15) is 27.4 Å². The number of nitrogens with zero attached hydrogens (tertiary/aromatic N) is 2. The van der Waals surface area contributed by atoms with Gasteiger partial charge < -0.3 is 19.9 Å². The van der Waals surface area contributed by atoms with Crippen molar-refractivity contribution in [2.75, 3.05) is 39.9 Å². The lowest BCUT2D eigenvalue weighted by Crippen LogP contribution is -2.65. The first-order valence-electron chi connectivity index (χ1n) is 14.4. The summed E-state index contributed by atoms with van der Waals surface area (Å²) in [7, 11) is 1.65. The highest BCUT2D eigenvalue weighted by atomic mass is 32.1. The summed E-state index contributed by atoms with van der Waals surface area (Å²) in [5.41, 5.74) is 3.32. The quantitative estimate of drug-likeness (QED) is 0.207. The fourth-order valence-corrected chi connectivity index (χ4v) is 6.29. The molecule has 2 N–H and O–H groups in total. The molecule has 0 spiro atoms. The van der Waals surface area contributed by atoms with Crippen molar-refractivity contribution in [3.8, 4) is 5.75 Å². The van der Waals surface area contributed by atoms with Gasteiger partial charge in [-0.3, -0.25) is 4.90 Å². The van der Waals surface area contributed by atoms with Gasteiger partial charge in [-0.2, -0.15) is 0 Å². The van der Waals surface area contributed by atoms with Gasteiger partial charge >= 0.3 is 0 Å². The number of nitrogens with one attached hydrogen (secondary N) is 1. The summed E-state index contributed by atoms with van der Waals surface area (Å²) in [5, 5.41) is 17.6. The predicted molar refractivity (Wildman–Crippen MR) is 167 cm³/mol. The first kappa shape index (κ1) is 31.0. The number of methoxy groups -OCH3 is 1. The Morgan fingerprint density at radius 3 is 2.35 bits per heavy atom. The summed E-state index contributed by atoms with van der Waals surface area (Å²) in [6, 6.07) is 20.8. The van der Waals surface area contributed by atoms with E-state index < -0.39 is 11.6 Å². The maximum Gasteiger partial charge on any atom is 0.126 e. The number of hydrogen-bond donors (Lipinski definition) is 2. The Balaban J connectivity index is 1.29. The molecule has 1 saturated heterocycles. The van der Waals surface area contributed by atoms with Crippen LogP contribution >= 0.6 is 11.3 Å². The average Bonchev–Trinajstić information content (AvgIpc) is 3.46. The van der Waals surface area contributed by atoms with Crippen LogP contribution in [0.25, 0.3) is 12.2 Å². The van der Waals surface area contributed by atoms with Crippen molar-refractivity contribution in [1.29, 1.82) is 0 Å². The number of aliphatic hydroxyl groups excluding tert-OH is 1. The van der Waals surface area contributed by atoms with Crippen LogP contribution in [0.3, 0.4) is 0 Å². The highest BCUT2D eigenvalue weighted by molar-refractivity contribution is 7.09. The van der Waals surface area contributed by atoms with Crippen LogP contribution in [-0.2, 0) is 24.2 Å². The van der Waals surface area contributed by atoms with Crippen LogP contribution in [0.4, 0.5) is 8.78 Å². The third-order valence-corrected chi connectivity index (χ3v) is 8.47. The van der Waals surface area contributed by atoms with E-state index in [0.717, 1.165) is 40.5 Å². The molecule has 1 aliphatic heterocycles. The zero-order valence-corrected chi connectivity index (χ0v) is 25.0. The van der Waals surface area contributed by atoms with E-state index in [1.165, 1.54) is 24.3 Å². The molecule has 9 heteroatoms. The van der Waals surface area contributed by atoms with Gasteiger partial charge in [0.05, 0.1) is 12.3 Å². The Morgan fingerprint density at radius 1 is 1.00 bits per heavy atom. The second kappa shape index (κ2) is 14.8. The number of halogens is 2. The van der Waals surface area contributed by atoms with Crippen LogP contribution in [-0.4, -0.2) is 66.5 Å². The molecule has 0 amide bonds. The zero-order chi connectivity index (χ0) is 30.1. The molecule has 0 saturated carbocycles. The Labute approximate surface area is 255 Å². The van der Waals surface area contributed by atoms with E-state index in [0.29, 0.717) is 38.3 Å². The number of rotatable bonds is 13. The second-order valence-corrected chi connectivity index (χ2v) is 11.8. The summed E-state index contributed by atoms with van der Waals surface area (Å²) in [5.74, 6) is 0.120. The van der Waals surface area contributed by atoms with E-state index >= 15 is 0 Å². The highest BCUT2D eigenvalue weighted by Gasteiger charge is 2.40. The summed E-state index contributed by atoms with van der Waals surface area (Å²) in [6.45, 7) is 3.16. The average molecular weight is 606 g/mol. The molecule has 1 atom stereocenters. The van der Waals surface area contributed by atoms with E-state index in [-0.39, 0.29) is 18.2 Å².